The Morgan fingerprint density at radius 2 is 2.06 bits per heavy atom. The molecule has 8 nitrogen and oxygen atoms in total. The fraction of sp³-hybridized carbons (Fsp3) is 0.217. The number of rotatable bonds is 2. The number of hydrogen-bond donors (Lipinski definition) is 1. The molecule has 0 saturated heterocycles. The van der Waals surface area contributed by atoms with Crippen LogP contribution in [0.15, 0.2) is 55.2 Å². The second-order valence-electron chi connectivity index (χ2n) is 8.10. The molecule has 5 aromatic heterocycles. The van der Waals surface area contributed by atoms with Gasteiger partial charge in [-0.1, -0.05) is 12.1 Å². The van der Waals surface area contributed by atoms with Crippen molar-refractivity contribution in [3.05, 3.63) is 89.0 Å². The zero-order valence-corrected chi connectivity index (χ0v) is 17.3. The van der Waals surface area contributed by atoms with Gasteiger partial charge < -0.3 is 9.88 Å². The minimum Gasteiger partial charge on any atom is -0.348 e. The lowest BCUT2D eigenvalue weighted by Gasteiger charge is -2.33. The lowest BCUT2D eigenvalue weighted by Crippen LogP contribution is -2.41. The van der Waals surface area contributed by atoms with Crippen molar-refractivity contribution in [3.8, 4) is 0 Å². The quantitative estimate of drug-likeness (QED) is 0.484. The average molecular weight is 411 g/mol. The van der Waals surface area contributed by atoms with Crippen LogP contribution >= 0.6 is 0 Å². The summed E-state index contributed by atoms with van der Waals surface area (Å²) in [6.45, 7) is 4.65. The number of imidazole rings is 1. The van der Waals surface area contributed by atoms with E-state index in [4.69, 9.17) is 5.10 Å². The maximum atomic E-state index is 13.8. The number of aryl methyl sites for hydroxylation is 2. The van der Waals surface area contributed by atoms with Crippen molar-refractivity contribution >= 4 is 16.9 Å². The van der Waals surface area contributed by atoms with Gasteiger partial charge >= 0.3 is 0 Å². The first-order valence-corrected chi connectivity index (χ1v) is 10.3. The highest BCUT2D eigenvalue weighted by atomic mass is 16.2. The van der Waals surface area contributed by atoms with Crippen LogP contribution in [0.1, 0.15) is 44.6 Å². The van der Waals surface area contributed by atoms with Gasteiger partial charge in [0.1, 0.15) is 6.04 Å². The molecule has 1 N–H and O–H groups in total. The summed E-state index contributed by atoms with van der Waals surface area (Å²) >= 11 is 0. The Bertz CT molecular complexity index is 1460. The highest BCUT2D eigenvalue weighted by Gasteiger charge is 2.37. The summed E-state index contributed by atoms with van der Waals surface area (Å²) in [5, 5.41) is 9.21. The molecule has 154 valence electrons. The third-order valence-corrected chi connectivity index (χ3v) is 6.09. The van der Waals surface area contributed by atoms with E-state index in [1.807, 2.05) is 46.9 Å². The van der Waals surface area contributed by atoms with Crippen LogP contribution in [0, 0.1) is 13.8 Å². The normalized spacial score (nSPS) is 16.2. The summed E-state index contributed by atoms with van der Waals surface area (Å²) in [6.07, 6.45) is 7.94. The van der Waals surface area contributed by atoms with E-state index in [0.717, 1.165) is 45.7 Å². The fourth-order valence-electron chi connectivity index (χ4n) is 4.51. The number of nitrogens with one attached hydrogen (secondary N) is 1. The summed E-state index contributed by atoms with van der Waals surface area (Å²) in [4.78, 5) is 23.4. The van der Waals surface area contributed by atoms with E-state index in [-0.39, 0.29) is 11.9 Å². The molecule has 0 aromatic carbocycles. The first-order valence-electron chi connectivity index (χ1n) is 10.3. The van der Waals surface area contributed by atoms with Crippen LogP contribution in [0.4, 0.5) is 0 Å². The Kier molecular flexibility index (Phi) is 3.77. The van der Waals surface area contributed by atoms with E-state index in [2.05, 4.69) is 34.1 Å². The molecule has 0 spiro atoms. The SMILES string of the molecule is Cc1ccc2c(C(=O)N3CCc4[nH]cnc4C3c3cc4c(C)cccn4n3)cnn2c1. The Morgan fingerprint density at radius 3 is 2.94 bits per heavy atom. The zero-order chi connectivity index (χ0) is 21.1. The minimum atomic E-state index is -0.359. The first-order chi connectivity index (χ1) is 15.1. The van der Waals surface area contributed by atoms with Gasteiger partial charge in [0.15, 0.2) is 0 Å². The molecule has 0 bridgehead atoms. The maximum Gasteiger partial charge on any atom is 0.258 e. The molecule has 0 saturated carbocycles. The summed E-state index contributed by atoms with van der Waals surface area (Å²) in [6, 6.07) is 9.68. The molecule has 6 rings (SSSR count). The van der Waals surface area contributed by atoms with Gasteiger partial charge in [0, 0.05) is 31.1 Å². The number of carbonyl (C=O) groups excluding carboxylic acids is 1. The predicted octanol–water partition coefficient (Wildman–Crippen LogP) is 3.11. The van der Waals surface area contributed by atoms with Crippen molar-refractivity contribution in [2.24, 2.45) is 0 Å². The molecule has 8 heteroatoms. The molecule has 1 unspecified atom stereocenters. The van der Waals surface area contributed by atoms with Gasteiger partial charge in [-0.3, -0.25) is 4.79 Å². The second kappa shape index (κ2) is 6.53. The van der Waals surface area contributed by atoms with Crippen LogP contribution in [-0.4, -0.2) is 46.5 Å². The highest BCUT2D eigenvalue weighted by molar-refractivity contribution is 6.01. The van der Waals surface area contributed by atoms with E-state index < -0.39 is 0 Å². The third-order valence-electron chi connectivity index (χ3n) is 6.09. The van der Waals surface area contributed by atoms with Gasteiger partial charge in [-0.05, 0) is 43.2 Å². The van der Waals surface area contributed by atoms with Gasteiger partial charge in [0.25, 0.3) is 5.91 Å². The molecule has 1 atom stereocenters. The van der Waals surface area contributed by atoms with Crippen LogP contribution < -0.4 is 0 Å². The molecule has 0 fully saturated rings. The molecule has 0 aliphatic carbocycles. The van der Waals surface area contributed by atoms with Crippen LogP contribution in [0.2, 0.25) is 0 Å². The van der Waals surface area contributed by atoms with Gasteiger partial charge in [0.05, 0.1) is 40.5 Å². The highest BCUT2D eigenvalue weighted by Crippen LogP contribution is 2.35. The van der Waals surface area contributed by atoms with Crippen molar-refractivity contribution in [2.45, 2.75) is 26.3 Å². The number of hydrogen-bond acceptors (Lipinski definition) is 4. The molecule has 1 amide bonds. The monoisotopic (exact) mass is 411 g/mol. The van der Waals surface area contributed by atoms with E-state index in [1.54, 1.807) is 17.0 Å². The molecule has 31 heavy (non-hydrogen) atoms. The average Bonchev–Trinajstić information content (AvgIpc) is 3.50. The predicted molar refractivity (Wildman–Crippen MR) is 115 cm³/mol. The zero-order valence-electron chi connectivity index (χ0n) is 17.3. The van der Waals surface area contributed by atoms with Crippen molar-refractivity contribution in [3.63, 3.8) is 0 Å². The molecule has 1 aliphatic heterocycles. The standard InChI is InChI=1S/C23H21N7O/c1-14-5-6-19-16(11-26-30(19)12-14)23(31)28-9-7-17-21(25-13-24-17)22(28)18-10-20-15(2)4-3-8-29(20)27-18/h3-6,8,10-13,22H,7,9H2,1-2H3,(H,24,25). The van der Waals surface area contributed by atoms with Crippen LogP contribution in [-0.2, 0) is 6.42 Å². The molecule has 6 heterocycles. The molecular formula is C23H21N7O. The minimum absolute atomic E-state index is 0.0636. The summed E-state index contributed by atoms with van der Waals surface area (Å²) in [5.41, 5.74) is 7.35. The van der Waals surface area contributed by atoms with Crippen molar-refractivity contribution < 1.29 is 4.79 Å². The Hall–Kier alpha value is -3.94. The van der Waals surface area contributed by atoms with Gasteiger partial charge in [-0.25, -0.2) is 14.0 Å². The van der Waals surface area contributed by atoms with Gasteiger partial charge in [-0.2, -0.15) is 10.2 Å². The van der Waals surface area contributed by atoms with E-state index in [1.165, 1.54) is 0 Å². The molecule has 0 radical (unpaired) electrons. The number of aromatic nitrogens is 6. The molecular weight excluding hydrogens is 390 g/mol. The Labute approximate surface area is 178 Å². The maximum absolute atomic E-state index is 13.8. The topological polar surface area (TPSA) is 83.6 Å². The number of amides is 1. The number of carbonyl (C=O) groups is 1. The van der Waals surface area contributed by atoms with Crippen molar-refractivity contribution in [1.82, 2.24) is 34.1 Å². The number of fused-ring (bicyclic) bond motifs is 3. The Morgan fingerprint density at radius 1 is 1.16 bits per heavy atom. The van der Waals surface area contributed by atoms with Crippen LogP contribution in [0.25, 0.3) is 11.0 Å². The largest absolute Gasteiger partial charge is 0.348 e. The smallest absolute Gasteiger partial charge is 0.258 e. The van der Waals surface area contributed by atoms with Crippen LogP contribution in [0.5, 0.6) is 0 Å². The van der Waals surface area contributed by atoms with Gasteiger partial charge in [-0.15, -0.1) is 0 Å². The number of pyridine rings is 2. The van der Waals surface area contributed by atoms with Crippen molar-refractivity contribution in [2.75, 3.05) is 6.54 Å². The van der Waals surface area contributed by atoms with Crippen LogP contribution in [0.3, 0.4) is 0 Å². The molecule has 1 aliphatic rings. The van der Waals surface area contributed by atoms with Gasteiger partial charge in [0.2, 0.25) is 0 Å². The van der Waals surface area contributed by atoms with E-state index in [0.29, 0.717) is 12.1 Å². The van der Waals surface area contributed by atoms with E-state index >= 15 is 0 Å². The number of H-pyrrole nitrogens is 1. The lowest BCUT2D eigenvalue weighted by molar-refractivity contribution is 0.0689. The third kappa shape index (κ3) is 2.68. The lowest BCUT2D eigenvalue weighted by atomic mass is 9.98. The van der Waals surface area contributed by atoms with E-state index in [9.17, 15) is 4.79 Å². The van der Waals surface area contributed by atoms with Crippen molar-refractivity contribution in [1.29, 1.82) is 0 Å². The summed E-state index contributed by atoms with van der Waals surface area (Å²) in [5.74, 6) is -0.0636. The first kappa shape index (κ1) is 17.9. The summed E-state index contributed by atoms with van der Waals surface area (Å²) < 4.78 is 3.63. The number of aromatic amines is 1. The molecule has 5 aromatic rings. The summed E-state index contributed by atoms with van der Waals surface area (Å²) in [7, 11) is 0. The Balaban J connectivity index is 1.49. The second-order valence-corrected chi connectivity index (χ2v) is 8.10. The fourth-order valence-corrected chi connectivity index (χ4v) is 4.51. The number of nitrogens with zero attached hydrogens (tertiary/aromatic N) is 6.